The predicted molar refractivity (Wildman–Crippen MR) is 50.6 cm³/mol. The number of carbonyl (C=O) groups is 2. The molecule has 0 aliphatic heterocycles. The molecular weight excluding hydrogens is 202 g/mol. The van der Waals surface area contributed by atoms with E-state index < -0.39 is 16.6 Å². The normalized spacial score (nSPS) is 9.40. The third-order valence-electron chi connectivity index (χ3n) is 1.46. The number of rotatable bonds is 3. The minimum Gasteiger partial charge on any atom is -0.358 e. The maximum Gasteiger partial charge on any atom is 0.366 e. The molecule has 0 saturated carbocycles. The Labute approximate surface area is 84.3 Å². The number of hydrogen-bond acceptors (Lipinski definition) is 5. The first-order chi connectivity index (χ1) is 7.02. The number of aromatic nitrogens is 1. The lowest BCUT2D eigenvalue weighted by atomic mass is 10.3. The average Bonchev–Trinajstić information content (AvgIpc) is 2.16. The summed E-state index contributed by atoms with van der Waals surface area (Å²) in [7, 11) is 0. The lowest BCUT2D eigenvalue weighted by Crippen LogP contribution is -2.08. The number of nitrogens with one attached hydrogen (secondary N) is 1. The third-order valence-corrected chi connectivity index (χ3v) is 1.46. The number of anilines is 1. The second-order valence-electron chi connectivity index (χ2n) is 2.70. The quantitative estimate of drug-likeness (QED) is 0.449. The van der Waals surface area contributed by atoms with Gasteiger partial charge in [-0.25, -0.2) is 0 Å². The van der Waals surface area contributed by atoms with Crippen LogP contribution in [-0.2, 0) is 4.79 Å². The number of nitrogens with zero attached hydrogens (tertiary/aromatic N) is 2. The van der Waals surface area contributed by atoms with Crippen LogP contribution in [0.25, 0.3) is 0 Å². The summed E-state index contributed by atoms with van der Waals surface area (Å²) in [5, 5.41) is 12.7. The molecule has 1 aromatic heterocycles. The number of amides is 1. The number of aldehydes is 1. The standard InChI is InChI=1S/C8H7N3O4/c1-5(13)9-7-2-6(4-12)3-8(10-7)11(14)15/h2-4H,1H3,(H,9,10,13). The van der Waals surface area contributed by atoms with Crippen molar-refractivity contribution in [1.29, 1.82) is 0 Å². The molecule has 0 aliphatic carbocycles. The summed E-state index contributed by atoms with van der Waals surface area (Å²) in [4.78, 5) is 34.4. The maximum absolute atomic E-state index is 10.7. The molecule has 0 bridgehead atoms. The summed E-state index contributed by atoms with van der Waals surface area (Å²) < 4.78 is 0. The van der Waals surface area contributed by atoms with Gasteiger partial charge < -0.3 is 10.1 Å². The highest BCUT2D eigenvalue weighted by molar-refractivity contribution is 5.89. The van der Waals surface area contributed by atoms with Gasteiger partial charge >= 0.3 is 5.82 Å². The molecular formula is C8H7N3O4. The molecule has 7 nitrogen and oxygen atoms in total. The second kappa shape index (κ2) is 4.27. The van der Waals surface area contributed by atoms with Crippen molar-refractivity contribution in [3.63, 3.8) is 0 Å². The van der Waals surface area contributed by atoms with Crippen molar-refractivity contribution in [2.45, 2.75) is 6.92 Å². The molecule has 0 aromatic carbocycles. The molecule has 1 rings (SSSR count). The van der Waals surface area contributed by atoms with Crippen molar-refractivity contribution in [3.8, 4) is 0 Å². The maximum atomic E-state index is 10.7. The summed E-state index contributed by atoms with van der Waals surface area (Å²) >= 11 is 0. The molecule has 0 spiro atoms. The average molecular weight is 209 g/mol. The molecule has 0 radical (unpaired) electrons. The molecule has 78 valence electrons. The van der Waals surface area contributed by atoms with E-state index in [0.29, 0.717) is 6.29 Å². The Bertz CT molecular complexity index is 430. The Morgan fingerprint density at radius 3 is 2.73 bits per heavy atom. The highest BCUT2D eigenvalue weighted by Gasteiger charge is 2.13. The molecule has 7 heteroatoms. The van der Waals surface area contributed by atoms with E-state index in [2.05, 4.69) is 10.3 Å². The molecule has 0 atom stereocenters. The van der Waals surface area contributed by atoms with Crippen molar-refractivity contribution < 1.29 is 14.5 Å². The summed E-state index contributed by atoms with van der Waals surface area (Å²) in [5.74, 6) is -0.915. The minimum absolute atomic E-state index is 0.0150. The topological polar surface area (TPSA) is 102 Å². The van der Waals surface area contributed by atoms with Crippen LogP contribution in [-0.4, -0.2) is 22.1 Å². The van der Waals surface area contributed by atoms with Crippen LogP contribution < -0.4 is 5.32 Å². The van der Waals surface area contributed by atoms with Gasteiger partial charge in [0.05, 0.1) is 0 Å². The monoisotopic (exact) mass is 209 g/mol. The van der Waals surface area contributed by atoms with Crippen molar-refractivity contribution in [2.75, 3.05) is 5.32 Å². The number of hydrogen-bond donors (Lipinski definition) is 1. The van der Waals surface area contributed by atoms with E-state index in [1.165, 1.54) is 13.0 Å². The van der Waals surface area contributed by atoms with Gasteiger partial charge in [-0.15, -0.1) is 0 Å². The second-order valence-corrected chi connectivity index (χ2v) is 2.70. The zero-order chi connectivity index (χ0) is 11.4. The van der Waals surface area contributed by atoms with Crippen LogP contribution in [0.1, 0.15) is 17.3 Å². The van der Waals surface area contributed by atoms with Crippen LogP contribution in [0.15, 0.2) is 12.1 Å². The predicted octanol–water partition coefficient (Wildman–Crippen LogP) is 0.761. The van der Waals surface area contributed by atoms with Gasteiger partial charge in [0.1, 0.15) is 0 Å². The molecule has 0 saturated heterocycles. The van der Waals surface area contributed by atoms with Gasteiger partial charge in [0.25, 0.3) is 0 Å². The number of pyridine rings is 1. The number of carbonyl (C=O) groups excluding carboxylic acids is 2. The van der Waals surface area contributed by atoms with Crippen molar-refractivity contribution in [2.24, 2.45) is 0 Å². The molecule has 0 aliphatic rings. The first-order valence-corrected chi connectivity index (χ1v) is 3.92. The van der Waals surface area contributed by atoms with E-state index in [-0.39, 0.29) is 11.4 Å². The van der Waals surface area contributed by atoms with Gasteiger partial charge in [0.15, 0.2) is 6.29 Å². The fraction of sp³-hybridized carbons (Fsp3) is 0.125. The van der Waals surface area contributed by atoms with Crippen LogP contribution >= 0.6 is 0 Å². The molecule has 1 amide bonds. The van der Waals surface area contributed by atoms with Crippen LogP contribution in [0.3, 0.4) is 0 Å². The highest BCUT2D eigenvalue weighted by Crippen LogP contribution is 2.14. The van der Waals surface area contributed by atoms with E-state index in [4.69, 9.17) is 0 Å². The van der Waals surface area contributed by atoms with Crippen LogP contribution in [0.5, 0.6) is 0 Å². The fourth-order valence-corrected chi connectivity index (χ4v) is 0.943. The molecule has 1 N–H and O–H groups in total. The van der Waals surface area contributed by atoms with Gasteiger partial charge in [0, 0.05) is 24.6 Å². The zero-order valence-corrected chi connectivity index (χ0v) is 7.76. The van der Waals surface area contributed by atoms with E-state index in [1.54, 1.807) is 0 Å². The minimum atomic E-state index is -0.738. The van der Waals surface area contributed by atoms with E-state index in [1.807, 2.05) is 0 Å². The third kappa shape index (κ3) is 2.83. The Kier molecular flexibility index (Phi) is 3.06. The van der Waals surface area contributed by atoms with Crippen LogP contribution in [0.4, 0.5) is 11.6 Å². The van der Waals surface area contributed by atoms with Crippen molar-refractivity contribution in [1.82, 2.24) is 4.98 Å². The molecule has 15 heavy (non-hydrogen) atoms. The SMILES string of the molecule is CC(=O)Nc1cc(C=O)cc([N+](=O)[O-])n1. The van der Waals surface area contributed by atoms with Gasteiger partial charge in [-0.3, -0.25) is 14.9 Å². The van der Waals surface area contributed by atoms with Crippen LogP contribution in [0.2, 0.25) is 0 Å². The summed E-state index contributed by atoms with van der Waals surface area (Å²) in [6.45, 7) is 1.24. The molecule has 0 fully saturated rings. The van der Waals surface area contributed by atoms with Crippen molar-refractivity contribution >= 4 is 23.8 Å². The summed E-state index contributed by atoms with van der Waals surface area (Å²) in [5.41, 5.74) is 0.0838. The Balaban J connectivity index is 3.16. The van der Waals surface area contributed by atoms with Gasteiger partial charge in [0.2, 0.25) is 11.7 Å². The summed E-state index contributed by atoms with van der Waals surface area (Å²) in [6.07, 6.45) is 0.444. The number of nitro groups is 1. The lowest BCUT2D eigenvalue weighted by molar-refractivity contribution is -0.389. The molecule has 0 unspecified atom stereocenters. The van der Waals surface area contributed by atoms with E-state index >= 15 is 0 Å². The van der Waals surface area contributed by atoms with Crippen LogP contribution in [0, 0.1) is 10.1 Å². The smallest absolute Gasteiger partial charge is 0.358 e. The Morgan fingerprint density at radius 1 is 1.60 bits per heavy atom. The molecule has 1 heterocycles. The largest absolute Gasteiger partial charge is 0.366 e. The van der Waals surface area contributed by atoms with Crippen molar-refractivity contribution in [3.05, 3.63) is 27.8 Å². The lowest BCUT2D eigenvalue weighted by Gasteiger charge is -1.98. The first kappa shape index (κ1) is 10.8. The van der Waals surface area contributed by atoms with E-state index in [9.17, 15) is 19.7 Å². The van der Waals surface area contributed by atoms with Gasteiger partial charge in [-0.05, 0) is 9.91 Å². The van der Waals surface area contributed by atoms with Gasteiger partial charge in [-0.1, -0.05) is 0 Å². The first-order valence-electron chi connectivity index (χ1n) is 3.92. The Hall–Kier alpha value is -2.31. The molecule has 1 aromatic rings. The Morgan fingerprint density at radius 2 is 2.27 bits per heavy atom. The summed E-state index contributed by atoms with van der Waals surface area (Å²) in [6, 6.07) is 2.28. The zero-order valence-electron chi connectivity index (χ0n) is 7.76. The fourth-order valence-electron chi connectivity index (χ4n) is 0.943. The van der Waals surface area contributed by atoms with E-state index in [0.717, 1.165) is 6.07 Å². The highest BCUT2D eigenvalue weighted by atomic mass is 16.6. The van der Waals surface area contributed by atoms with Gasteiger partial charge in [-0.2, -0.15) is 0 Å².